The molecule has 1 saturated heterocycles. The largest absolute Gasteiger partial charge is 0.354 e. The number of benzene rings is 2. The molecule has 1 aliphatic heterocycles. The van der Waals surface area contributed by atoms with Crippen LogP contribution >= 0.6 is 11.6 Å². The lowest BCUT2D eigenvalue weighted by atomic mass is 9.97. The highest BCUT2D eigenvalue weighted by Crippen LogP contribution is 2.24. The van der Waals surface area contributed by atoms with E-state index >= 15 is 0 Å². The molecule has 1 aromatic heterocycles. The van der Waals surface area contributed by atoms with Crippen molar-refractivity contribution < 1.29 is 4.79 Å². The van der Waals surface area contributed by atoms with Crippen LogP contribution in [0.5, 0.6) is 0 Å². The minimum absolute atomic E-state index is 0.0119. The van der Waals surface area contributed by atoms with Crippen molar-refractivity contribution in [3.8, 4) is 5.69 Å². The van der Waals surface area contributed by atoms with Gasteiger partial charge in [-0.25, -0.2) is 0 Å². The van der Waals surface area contributed by atoms with Crippen LogP contribution < -0.4 is 15.8 Å². The number of anilines is 2. The molecule has 1 aliphatic rings. The van der Waals surface area contributed by atoms with Gasteiger partial charge < -0.3 is 10.2 Å². The van der Waals surface area contributed by atoms with Crippen LogP contribution in [0.1, 0.15) is 24.0 Å². The first kappa shape index (κ1) is 21.1. The number of nitrogens with one attached hydrogen (secondary N) is 1. The number of aromatic nitrogens is 2. The fraction of sp³-hybridized carbons (Fsp3) is 0.292. The number of nitrogens with zero attached hydrogens (tertiary/aromatic N) is 3. The molecule has 1 N–H and O–H groups in total. The van der Waals surface area contributed by atoms with Gasteiger partial charge in [0.15, 0.2) is 0 Å². The van der Waals surface area contributed by atoms with E-state index in [1.54, 1.807) is 30.3 Å². The quantitative estimate of drug-likeness (QED) is 0.660. The van der Waals surface area contributed by atoms with Gasteiger partial charge in [0.2, 0.25) is 5.91 Å². The van der Waals surface area contributed by atoms with Gasteiger partial charge in [0, 0.05) is 29.9 Å². The molecule has 0 spiro atoms. The van der Waals surface area contributed by atoms with Crippen LogP contribution in [0.25, 0.3) is 5.69 Å². The Balaban J connectivity index is 1.52. The summed E-state index contributed by atoms with van der Waals surface area (Å²) in [4.78, 5) is 27.4. The maximum atomic E-state index is 12.9. The molecule has 1 atom stereocenters. The van der Waals surface area contributed by atoms with E-state index in [9.17, 15) is 9.59 Å². The average Bonchev–Trinajstić information content (AvgIpc) is 2.73. The highest BCUT2D eigenvalue weighted by atomic mass is 35.5. The van der Waals surface area contributed by atoms with E-state index in [1.165, 1.54) is 10.7 Å². The van der Waals surface area contributed by atoms with E-state index in [2.05, 4.69) is 21.4 Å². The zero-order valence-electron chi connectivity index (χ0n) is 17.6. The summed E-state index contributed by atoms with van der Waals surface area (Å²) in [6.45, 7) is 5.38. The molecule has 3 aromatic rings. The smallest absolute Gasteiger partial charge is 0.271 e. The molecule has 0 unspecified atom stereocenters. The van der Waals surface area contributed by atoms with Crippen molar-refractivity contribution in [3.63, 3.8) is 0 Å². The van der Waals surface area contributed by atoms with E-state index in [1.807, 2.05) is 26.0 Å². The van der Waals surface area contributed by atoms with Crippen molar-refractivity contribution in [3.05, 3.63) is 81.1 Å². The fourth-order valence-electron chi connectivity index (χ4n) is 4.05. The van der Waals surface area contributed by atoms with Gasteiger partial charge >= 0.3 is 0 Å². The topological polar surface area (TPSA) is 67.2 Å². The normalized spacial score (nSPS) is 16.2. The predicted octanol–water partition coefficient (Wildman–Crippen LogP) is 4.36. The standard InChI is InChI=1S/C24H25ClN4O2/c1-16-11-17(2)13-20(12-16)26-24(31)18-5-4-10-28(15-18)22-8-9-23(30)29(27-22)21-7-3-6-19(25)14-21/h3,6-9,11-14,18H,4-5,10,15H2,1-2H3,(H,26,31)/t18-/m0/s1. The molecule has 6 nitrogen and oxygen atoms in total. The lowest BCUT2D eigenvalue weighted by Gasteiger charge is -2.33. The van der Waals surface area contributed by atoms with Gasteiger partial charge in [0.25, 0.3) is 5.56 Å². The van der Waals surface area contributed by atoms with Crippen molar-refractivity contribution in [1.29, 1.82) is 0 Å². The van der Waals surface area contributed by atoms with Crippen molar-refractivity contribution in [1.82, 2.24) is 9.78 Å². The van der Waals surface area contributed by atoms with Gasteiger partial charge in [0.1, 0.15) is 5.82 Å². The number of carbonyl (C=O) groups excluding carboxylic acids is 1. The summed E-state index contributed by atoms with van der Waals surface area (Å²) < 4.78 is 1.35. The number of carbonyl (C=O) groups is 1. The van der Waals surface area contributed by atoms with Crippen LogP contribution in [0.2, 0.25) is 5.02 Å². The average molecular weight is 437 g/mol. The molecule has 2 aromatic carbocycles. The number of hydrogen-bond donors (Lipinski definition) is 1. The van der Waals surface area contributed by atoms with E-state index in [0.717, 1.165) is 36.2 Å². The first-order valence-electron chi connectivity index (χ1n) is 10.4. The Morgan fingerprint density at radius 2 is 1.87 bits per heavy atom. The molecule has 0 saturated carbocycles. The molecule has 7 heteroatoms. The zero-order valence-corrected chi connectivity index (χ0v) is 18.4. The van der Waals surface area contributed by atoms with E-state index in [4.69, 9.17) is 11.6 Å². The number of halogens is 1. The minimum atomic E-state index is -0.230. The molecule has 4 rings (SSSR count). The number of amides is 1. The Labute approximate surface area is 186 Å². The number of rotatable bonds is 4. The first-order valence-corrected chi connectivity index (χ1v) is 10.8. The van der Waals surface area contributed by atoms with E-state index in [-0.39, 0.29) is 17.4 Å². The summed E-state index contributed by atoms with van der Waals surface area (Å²) in [6, 6.07) is 16.3. The summed E-state index contributed by atoms with van der Waals surface area (Å²) in [5.41, 5.74) is 3.45. The number of aryl methyl sites for hydroxylation is 2. The van der Waals surface area contributed by atoms with Crippen molar-refractivity contribution >= 4 is 29.0 Å². The Bertz CT molecular complexity index is 1150. The Hall–Kier alpha value is -3.12. The second-order valence-corrected chi connectivity index (χ2v) is 8.51. The summed E-state index contributed by atoms with van der Waals surface area (Å²) >= 11 is 6.08. The lowest BCUT2D eigenvalue weighted by molar-refractivity contribution is -0.120. The Kier molecular flexibility index (Phi) is 6.09. The maximum absolute atomic E-state index is 12.9. The highest BCUT2D eigenvalue weighted by Gasteiger charge is 2.27. The van der Waals surface area contributed by atoms with E-state index in [0.29, 0.717) is 23.1 Å². The molecule has 0 radical (unpaired) electrons. The van der Waals surface area contributed by atoms with Crippen LogP contribution in [-0.4, -0.2) is 28.8 Å². The summed E-state index contributed by atoms with van der Waals surface area (Å²) in [5.74, 6) is 0.532. The van der Waals surface area contributed by atoms with Crippen molar-refractivity contribution in [2.45, 2.75) is 26.7 Å². The second-order valence-electron chi connectivity index (χ2n) is 8.07. The fourth-order valence-corrected chi connectivity index (χ4v) is 4.24. The second kappa shape index (κ2) is 8.94. The molecule has 160 valence electrons. The number of hydrogen-bond acceptors (Lipinski definition) is 4. The highest BCUT2D eigenvalue weighted by molar-refractivity contribution is 6.30. The van der Waals surface area contributed by atoms with E-state index < -0.39 is 0 Å². The summed E-state index contributed by atoms with van der Waals surface area (Å²) in [6.07, 6.45) is 1.70. The zero-order chi connectivity index (χ0) is 22.0. The molecule has 31 heavy (non-hydrogen) atoms. The molecule has 0 bridgehead atoms. The Morgan fingerprint density at radius 3 is 2.61 bits per heavy atom. The molecular weight excluding hydrogens is 412 g/mol. The summed E-state index contributed by atoms with van der Waals surface area (Å²) in [5, 5.41) is 8.15. The third kappa shape index (κ3) is 4.97. The number of piperidine rings is 1. The molecular formula is C24H25ClN4O2. The molecule has 0 aliphatic carbocycles. The van der Waals surface area contributed by atoms with Crippen LogP contribution in [0.4, 0.5) is 11.5 Å². The van der Waals surface area contributed by atoms with Gasteiger partial charge in [-0.3, -0.25) is 9.59 Å². The van der Waals surface area contributed by atoms with Crippen molar-refractivity contribution in [2.75, 3.05) is 23.3 Å². The third-order valence-corrected chi connectivity index (χ3v) is 5.68. The molecule has 1 amide bonds. The van der Waals surface area contributed by atoms with Gasteiger partial charge in [0.05, 0.1) is 11.6 Å². The van der Waals surface area contributed by atoms with Gasteiger partial charge in [-0.2, -0.15) is 4.68 Å². The lowest BCUT2D eigenvalue weighted by Crippen LogP contribution is -2.41. The van der Waals surface area contributed by atoms with Crippen LogP contribution in [0.15, 0.2) is 59.4 Å². The SMILES string of the molecule is Cc1cc(C)cc(NC(=O)[C@H]2CCCN(c3ccc(=O)n(-c4cccc(Cl)c4)n3)C2)c1. The van der Waals surface area contributed by atoms with Crippen LogP contribution in [-0.2, 0) is 4.79 Å². The minimum Gasteiger partial charge on any atom is -0.354 e. The van der Waals surface area contributed by atoms with Crippen LogP contribution in [0.3, 0.4) is 0 Å². The first-order chi connectivity index (χ1) is 14.9. The van der Waals surface area contributed by atoms with Crippen molar-refractivity contribution in [2.24, 2.45) is 5.92 Å². The van der Waals surface area contributed by atoms with Gasteiger partial charge in [-0.05, 0) is 74.2 Å². The summed E-state index contributed by atoms with van der Waals surface area (Å²) in [7, 11) is 0. The maximum Gasteiger partial charge on any atom is 0.271 e. The van der Waals surface area contributed by atoms with Gasteiger partial charge in [-0.1, -0.05) is 23.7 Å². The predicted molar refractivity (Wildman–Crippen MR) is 124 cm³/mol. The Morgan fingerprint density at radius 1 is 1.10 bits per heavy atom. The molecule has 1 fully saturated rings. The molecule has 2 heterocycles. The third-order valence-electron chi connectivity index (χ3n) is 5.44. The monoisotopic (exact) mass is 436 g/mol. The van der Waals surface area contributed by atoms with Crippen LogP contribution in [0, 0.1) is 19.8 Å². The van der Waals surface area contributed by atoms with Gasteiger partial charge in [-0.15, -0.1) is 5.10 Å².